The fraction of sp³-hybridized carbons (Fsp3) is 0.581. The zero-order valence-electron chi connectivity index (χ0n) is 26.2. The lowest BCUT2D eigenvalue weighted by Gasteiger charge is -2.38. The van der Waals surface area contributed by atoms with Crippen LogP contribution in [0.15, 0.2) is 10.7 Å². The summed E-state index contributed by atoms with van der Waals surface area (Å²) in [6.07, 6.45) is 3.74. The van der Waals surface area contributed by atoms with E-state index in [-0.39, 0.29) is 18.7 Å². The van der Waals surface area contributed by atoms with E-state index in [4.69, 9.17) is 30.1 Å². The second-order valence-corrected chi connectivity index (χ2v) is 14.6. The highest BCUT2D eigenvalue weighted by atomic mass is 32.1. The summed E-state index contributed by atoms with van der Waals surface area (Å²) in [5.74, 6) is 1.58. The monoisotopic (exact) mass is 635 g/mol. The number of nitrogens with zero attached hydrogens (tertiary/aromatic N) is 8. The molecule has 3 aliphatic rings. The molecule has 0 bridgehead atoms. The first-order chi connectivity index (χ1) is 21.4. The van der Waals surface area contributed by atoms with Crippen molar-refractivity contribution in [3.05, 3.63) is 33.5 Å². The summed E-state index contributed by atoms with van der Waals surface area (Å²) in [4.78, 5) is 15.0. The fourth-order valence-corrected chi connectivity index (χ4v) is 8.84. The maximum absolute atomic E-state index is 14.4. The van der Waals surface area contributed by atoms with E-state index < -0.39 is 17.2 Å². The Bertz CT molecular complexity index is 1820. The predicted octanol–water partition coefficient (Wildman–Crippen LogP) is 3.96. The number of ether oxygens (including phenoxy) is 1. The van der Waals surface area contributed by atoms with Gasteiger partial charge >= 0.3 is 0 Å². The molecule has 7 rings (SSSR count). The number of fused-ring (bicyclic) bond motifs is 5. The third kappa shape index (κ3) is 4.79. The first kappa shape index (κ1) is 30.0. The molecule has 0 amide bonds. The number of nitriles is 1. The van der Waals surface area contributed by atoms with Crippen molar-refractivity contribution in [1.29, 1.82) is 5.26 Å². The molecule has 4 atom stereocenters. The molecule has 6 heterocycles. The van der Waals surface area contributed by atoms with E-state index in [1.54, 1.807) is 20.0 Å². The molecule has 1 aliphatic carbocycles. The van der Waals surface area contributed by atoms with Gasteiger partial charge in [0.15, 0.2) is 22.9 Å². The lowest BCUT2D eigenvalue weighted by atomic mass is 9.68. The normalized spacial score (nSPS) is 24.1. The number of alkyl halides is 1. The van der Waals surface area contributed by atoms with E-state index in [0.29, 0.717) is 70.8 Å². The molecule has 45 heavy (non-hydrogen) atoms. The number of anilines is 2. The van der Waals surface area contributed by atoms with Crippen LogP contribution in [0.2, 0.25) is 0 Å². The van der Waals surface area contributed by atoms with Crippen molar-refractivity contribution in [2.75, 3.05) is 44.4 Å². The van der Waals surface area contributed by atoms with E-state index in [2.05, 4.69) is 11.2 Å². The number of aromatic nitrogens is 5. The van der Waals surface area contributed by atoms with Crippen LogP contribution in [0.3, 0.4) is 0 Å². The van der Waals surface area contributed by atoms with Crippen LogP contribution in [0.25, 0.3) is 22.6 Å². The quantitative estimate of drug-likeness (QED) is 0.316. The number of halogens is 1. The van der Waals surface area contributed by atoms with Gasteiger partial charge in [0.05, 0.1) is 53.0 Å². The molecule has 3 N–H and O–H groups in total. The number of aliphatic hydroxyl groups is 1. The molecule has 2 aliphatic heterocycles. The molecule has 14 heteroatoms. The third-order valence-electron chi connectivity index (χ3n) is 9.55. The van der Waals surface area contributed by atoms with Gasteiger partial charge in [-0.05, 0) is 53.5 Å². The molecule has 0 radical (unpaired) electrons. The standard InChI is InChI=1S/C31H38FN9O3S/c1-16(21-9-17(32)12-39(21)4)41-29-19(11-35-41)28(40(5)14-30(2,3)42)36-27(37-29)24-20-13-43-15-31(25(20)44-38-24)8-6-7-22-23(31)18(10-33)26(34)45-22/h11,16-17,21,42H,6-9,12-15,34H2,1-5H3. The third-order valence-corrected chi connectivity index (χ3v) is 10.6. The van der Waals surface area contributed by atoms with Crippen molar-refractivity contribution in [2.45, 2.75) is 82.3 Å². The maximum atomic E-state index is 14.4. The Morgan fingerprint density at radius 3 is 2.89 bits per heavy atom. The van der Waals surface area contributed by atoms with Crippen LogP contribution < -0.4 is 10.6 Å². The Kier molecular flexibility index (Phi) is 7.16. The molecule has 1 fully saturated rings. The molecule has 238 valence electrons. The number of rotatable bonds is 6. The van der Waals surface area contributed by atoms with Crippen molar-refractivity contribution in [1.82, 2.24) is 29.8 Å². The lowest BCUT2D eigenvalue weighted by Crippen LogP contribution is -2.40. The molecule has 4 aromatic rings. The predicted molar refractivity (Wildman–Crippen MR) is 168 cm³/mol. The van der Waals surface area contributed by atoms with Gasteiger partial charge in [-0.1, -0.05) is 5.16 Å². The van der Waals surface area contributed by atoms with Gasteiger partial charge in [-0.15, -0.1) is 11.3 Å². The summed E-state index contributed by atoms with van der Waals surface area (Å²) in [6, 6.07) is 2.10. The average molecular weight is 636 g/mol. The lowest BCUT2D eigenvalue weighted by molar-refractivity contribution is 0.0459. The highest BCUT2D eigenvalue weighted by Gasteiger charge is 2.50. The largest absolute Gasteiger partial charge is 0.389 e. The van der Waals surface area contributed by atoms with Crippen LogP contribution in [-0.2, 0) is 23.2 Å². The van der Waals surface area contributed by atoms with Gasteiger partial charge in [0.2, 0.25) is 0 Å². The number of hydrogen-bond acceptors (Lipinski definition) is 12. The Morgan fingerprint density at radius 2 is 2.18 bits per heavy atom. The van der Waals surface area contributed by atoms with Gasteiger partial charge in [0.1, 0.15) is 23.1 Å². The molecule has 0 saturated carbocycles. The van der Waals surface area contributed by atoms with Crippen molar-refractivity contribution in [3.8, 4) is 17.6 Å². The summed E-state index contributed by atoms with van der Waals surface area (Å²) in [6.45, 7) is 6.82. The summed E-state index contributed by atoms with van der Waals surface area (Å²) in [5.41, 5.74) is 7.80. The zero-order valence-corrected chi connectivity index (χ0v) is 27.0. The molecule has 4 aromatic heterocycles. The summed E-state index contributed by atoms with van der Waals surface area (Å²) in [7, 11) is 3.80. The molecule has 1 saturated heterocycles. The van der Waals surface area contributed by atoms with Crippen molar-refractivity contribution in [3.63, 3.8) is 0 Å². The minimum absolute atomic E-state index is 0.0555. The second kappa shape index (κ2) is 10.7. The highest BCUT2D eigenvalue weighted by molar-refractivity contribution is 7.16. The first-order valence-electron chi connectivity index (χ1n) is 15.3. The Hall–Kier alpha value is -3.64. The number of hydrogen-bond donors (Lipinski definition) is 2. The van der Waals surface area contributed by atoms with E-state index in [9.17, 15) is 14.8 Å². The minimum Gasteiger partial charge on any atom is -0.389 e. The van der Waals surface area contributed by atoms with Crippen molar-refractivity contribution >= 4 is 33.2 Å². The summed E-state index contributed by atoms with van der Waals surface area (Å²) >= 11 is 1.46. The minimum atomic E-state index is -0.995. The van der Waals surface area contributed by atoms with Gasteiger partial charge in [-0.2, -0.15) is 10.4 Å². The number of nitrogens with two attached hydrogens (primary N) is 1. The fourth-order valence-electron chi connectivity index (χ4n) is 7.68. The van der Waals surface area contributed by atoms with Gasteiger partial charge in [0, 0.05) is 36.6 Å². The van der Waals surface area contributed by atoms with Crippen LogP contribution in [0, 0.1) is 11.3 Å². The van der Waals surface area contributed by atoms with Crippen molar-refractivity contribution < 1.29 is 18.8 Å². The van der Waals surface area contributed by atoms with E-state index in [0.717, 1.165) is 35.3 Å². The number of thiophene rings is 1. The number of likely N-dealkylation sites (tertiary alicyclic amines) is 1. The average Bonchev–Trinajstić information content (AvgIpc) is 3.75. The SMILES string of the molecule is CC(C1CC(F)CN1C)n1ncc2c(N(C)CC(C)(C)O)nc(-c3noc4c3COCC43CCCc4sc(N)c(C#N)c43)nc21. The smallest absolute Gasteiger partial charge is 0.186 e. The molecule has 4 unspecified atom stereocenters. The van der Waals surface area contributed by atoms with Crippen LogP contribution in [0.1, 0.15) is 73.4 Å². The van der Waals surface area contributed by atoms with Gasteiger partial charge in [-0.25, -0.2) is 19.0 Å². The first-order valence-corrected chi connectivity index (χ1v) is 16.2. The Morgan fingerprint density at radius 1 is 1.38 bits per heavy atom. The molecular weight excluding hydrogens is 597 g/mol. The van der Waals surface area contributed by atoms with E-state index >= 15 is 0 Å². The molecular formula is C31H38FN9O3S. The second-order valence-electron chi connectivity index (χ2n) is 13.5. The molecule has 0 aromatic carbocycles. The highest BCUT2D eigenvalue weighted by Crippen LogP contribution is 2.52. The Labute approximate surface area is 264 Å². The van der Waals surface area contributed by atoms with Crippen LogP contribution in [0.4, 0.5) is 15.2 Å². The summed E-state index contributed by atoms with van der Waals surface area (Å²) in [5, 5.41) is 31.2. The van der Waals surface area contributed by atoms with Crippen molar-refractivity contribution in [2.24, 2.45) is 0 Å². The van der Waals surface area contributed by atoms with Crippen LogP contribution in [0.5, 0.6) is 0 Å². The van der Waals surface area contributed by atoms with E-state index in [1.807, 2.05) is 35.5 Å². The summed E-state index contributed by atoms with van der Waals surface area (Å²) < 4.78 is 28.6. The number of likely N-dealkylation sites (N-methyl/N-ethyl adjacent to an activating group) is 2. The Balaban J connectivity index is 1.39. The number of nitrogen functional groups attached to an aromatic ring is 1. The van der Waals surface area contributed by atoms with Crippen LogP contribution >= 0.6 is 11.3 Å². The molecule has 12 nitrogen and oxygen atoms in total. The van der Waals surface area contributed by atoms with Gasteiger partial charge in [-0.3, -0.25) is 4.90 Å². The molecule has 1 spiro atoms. The van der Waals surface area contributed by atoms with Gasteiger partial charge < -0.3 is 25.0 Å². The maximum Gasteiger partial charge on any atom is 0.186 e. The van der Waals surface area contributed by atoms with E-state index in [1.165, 1.54) is 11.3 Å². The number of aryl methyl sites for hydroxylation is 1. The zero-order chi connectivity index (χ0) is 31.8. The topological polar surface area (TPSA) is 155 Å². The van der Waals surface area contributed by atoms with Crippen LogP contribution in [-0.4, -0.2) is 86.5 Å². The van der Waals surface area contributed by atoms with Gasteiger partial charge in [0.25, 0.3) is 0 Å².